The molecule has 1 aliphatic heterocycles. The molecule has 1 aliphatic rings. The van der Waals surface area contributed by atoms with Gasteiger partial charge in [0, 0.05) is 7.05 Å². The van der Waals surface area contributed by atoms with Crippen LogP contribution in [0, 0.1) is 5.92 Å². The van der Waals surface area contributed by atoms with Gasteiger partial charge in [0.05, 0.1) is 15.9 Å². The molecule has 0 aromatic carbocycles. The Kier molecular flexibility index (Phi) is 4.62. The van der Waals surface area contributed by atoms with E-state index in [4.69, 9.17) is 0 Å². The molecule has 1 aromatic rings. The van der Waals surface area contributed by atoms with Crippen LogP contribution in [0.2, 0.25) is 0 Å². The first-order valence-corrected chi connectivity index (χ1v) is 7.42. The van der Waals surface area contributed by atoms with Crippen LogP contribution in [-0.4, -0.2) is 22.9 Å². The minimum atomic E-state index is 0.807. The zero-order valence-corrected chi connectivity index (χ0v) is 12.4. The summed E-state index contributed by atoms with van der Waals surface area (Å²) in [5, 5.41) is 8.05. The lowest BCUT2D eigenvalue weighted by Crippen LogP contribution is -2.15. The normalized spacial score (nSPS) is 21.5. The van der Waals surface area contributed by atoms with Crippen LogP contribution in [0.25, 0.3) is 0 Å². The molecule has 0 amide bonds. The molecule has 96 valence electrons. The molecule has 2 rings (SSSR count). The standard InChI is InChI=1S/C13H22BrN3/c1-3-11-13(14)12(17(2)16-11)9-10-5-4-7-15-8-6-10/h10,15H,3-9H2,1-2H3. The van der Waals surface area contributed by atoms with Crippen LogP contribution in [0.5, 0.6) is 0 Å². The fraction of sp³-hybridized carbons (Fsp3) is 0.769. The molecule has 0 bridgehead atoms. The molecule has 17 heavy (non-hydrogen) atoms. The Labute approximate surface area is 112 Å². The van der Waals surface area contributed by atoms with E-state index in [1.54, 1.807) is 0 Å². The second-order valence-corrected chi connectivity index (χ2v) is 5.73. The predicted molar refractivity (Wildman–Crippen MR) is 74.2 cm³/mol. The molecule has 0 saturated carbocycles. The maximum Gasteiger partial charge on any atom is 0.0766 e. The van der Waals surface area contributed by atoms with Gasteiger partial charge in [0.15, 0.2) is 0 Å². The van der Waals surface area contributed by atoms with Crippen LogP contribution in [-0.2, 0) is 19.9 Å². The minimum Gasteiger partial charge on any atom is -0.317 e. The highest BCUT2D eigenvalue weighted by Gasteiger charge is 2.18. The van der Waals surface area contributed by atoms with Crippen molar-refractivity contribution in [3.05, 3.63) is 15.9 Å². The summed E-state index contributed by atoms with van der Waals surface area (Å²) in [6.07, 6.45) is 6.10. The number of halogens is 1. The van der Waals surface area contributed by atoms with Gasteiger partial charge in [-0.1, -0.05) is 6.92 Å². The summed E-state index contributed by atoms with van der Waals surface area (Å²) in [4.78, 5) is 0. The van der Waals surface area contributed by atoms with E-state index in [1.165, 1.54) is 48.2 Å². The average molecular weight is 300 g/mol. The van der Waals surface area contributed by atoms with Crippen molar-refractivity contribution < 1.29 is 0 Å². The number of aryl methyl sites for hydroxylation is 2. The van der Waals surface area contributed by atoms with E-state index in [1.807, 2.05) is 0 Å². The van der Waals surface area contributed by atoms with E-state index < -0.39 is 0 Å². The van der Waals surface area contributed by atoms with Gasteiger partial charge < -0.3 is 5.32 Å². The second kappa shape index (κ2) is 6.01. The van der Waals surface area contributed by atoms with Gasteiger partial charge >= 0.3 is 0 Å². The van der Waals surface area contributed by atoms with E-state index in [9.17, 15) is 0 Å². The van der Waals surface area contributed by atoms with Crippen LogP contribution in [0.3, 0.4) is 0 Å². The Morgan fingerprint density at radius 2 is 2.24 bits per heavy atom. The highest BCUT2D eigenvalue weighted by Crippen LogP contribution is 2.27. The van der Waals surface area contributed by atoms with E-state index in [-0.39, 0.29) is 0 Å². The zero-order chi connectivity index (χ0) is 12.3. The van der Waals surface area contributed by atoms with E-state index in [0.29, 0.717) is 0 Å². The maximum atomic E-state index is 4.57. The molecule has 1 N–H and O–H groups in total. The molecular formula is C13H22BrN3. The minimum absolute atomic E-state index is 0.807. The highest BCUT2D eigenvalue weighted by molar-refractivity contribution is 9.10. The zero-order valence-electron chi connectivity index (χ0n) is 10.8. The van der Waals surface area contributed by atoms with Gasteiger partial charge in [-0.05, 0) is 67.0 Å². The topological polar surface area (TPSA) is 29.9 Å². The molecule has 0 spiro atoms. The van der Waals surface area contributed by atoms with Crippen molar-refractivity contribution in [1.82, 2.24) is 15.1 Å². The van der Waals surface area contributed by atoms with Crippen LogP contribution >= 0.6 is 15.9 Å². The lowest BCUT2D eigenvalue weighted by Gasteiger charge is -2.13. The summed E-state index contributed by atoms with van der Waals surface area (Å²) in [7, 11) is 2.06. The third kappa shape index (κ3) is 3.10. The molecule has 0 radical (unpaired) electrons. The first kappa shape index (κ1) is 13.1. The van der Waals surface area contributed by atoms with Crippen molar-refractivity contribution in [2.75, 3.05) is 13.1 Å². The molecule has 1 aromatic heterocycles. The Bertz CT molecular complexity index is 365. The number of rotatable bonds is 3. The Hall–Kier alpha value is -0.350. The maximum absolute atomic E-state index is 4.57. The second-order valence-electron chi connectivity index (χ2n) is 4.94. The molecular weight excluding hydrogens is 278 g/mol. The monoisotopic (exact) mass is 299 g/mol. The largest absolute Gasteiger partial charge is 0.317 e. The number of nitrogens with zero attached hydrogens (tertiary/aromatic N) is 2. The summed E-state index contributed by atoms with van der Waals surface area (Å²) < 4.78 is 3.29. The lowest BCUT2D eigenvalue weighted by molar-refractivity contribution is 0.454. The van der Waals surface area contributed by atoms with Crippen molar-refractivity contribution >= 4 is 15.9 Å². The van der Waals surface area contributed by atoms with Crippen molar-refractivity contribution in [3.8, 4) is 0 Å². The third-order valence-electron chi connectivity index (χ3n) is 3.68. The summed E-state index contributed by atoms with van der Waals surface area (Å²) in [6, 6.07) is 0. The summed E-state index contributed by atoms with van der Waals surface area (Å²) >= 11 is 3.71. The van der Waals surface area contributed by atoms with Crippen LogP contribution in [0.15, 0.2) is 4.47 Å². The van der Waals surface area contributed by atoms with Crippen molar-refractivity contribution in [2.24, 2.45) is 13.0 Å². The highest BCUT2D eigenvalue weighted by atomic mass is 79.9. The first-order chi connectivity index (χ1) is 8.22. The summed E-state index contributed by atoms with van der Waals surface area (Å²) in [5.74, 6) is 0.807. The van der Waals surface area contributed by atoms with Gasteiger partial charge in [-0.25, -0.2) is 0 Å². The van der Waals surface area contributed by atoms with E-state index in [2.05, 4.69) is 45.0 Å². The molecule has 1 atom stereocenters. The lowest BCUT2D eigenvalue weighted by atomic mass is 9.95. The van der Waals surface area contributed by atoms with Gasteiger partial charge in [0.2, 0.25) is 0 Å². The van der Waals surface area contributed by atoms with E-state index >= 15 is 0 Å². The third-order valence-corrected chi connectivity index (χ3v) is 4.60. The molecule has 1 unspecified atom stereocenters. The molecule has 0 aliphatic carbocycles. The smallest absolute Gasteiger partial charge is 0.0766 e. The molecule has 1 fully saturated rings. The summed E-state index contributed by atoms with van der Waals surface area (Å²) in [5.41, 5.74) is 2.56. The van der Waals surface area contributed by atoms with Crippen molar-refractivity contribution in [2.45, 2.75) is 39.0 Å². The Morgan fingerprint density at radius 3 is 2.94 bits per heavy atom. The van der Waals surface area contributed by atoms with Gasteiger partial charge in [-0.3, -0.25) is 4.68 Å². The molecule has 4 heteroatoms. The Morgan fingerprint density at radius 1 is 1.41 bits per heavy atom. The molecule has 3 nitrogen and oxygen atoms in total. The van der Waals surface area contributed by atoms with Gasteiger partial charge in [0.25, 0.3) is 0 Å². The van der Waals surface area contributed by atoms with Gasteiger partial charge in [0.1, 0.15) is 0 Å². The number of aromatic nitrogens is 2. The van der Waals surface area contributed by atoms with Crippen molar-refractivity contribution in [1.29, 1.82) is 0 Å². The SMILES string of the molecule is CCc1nn(C)c(CC2CCCNCC2)c1Br. The van der Waals surface area contributed by atoms with Crippen LogP contribution in [0.4, 0.5) is 0 Å². The van der Waals surface area contributed by atoms with Crippen molar-refractivity contribution in [3.63, 3.8) is 0 Å². The van der Waals surface area contributed by atoms with Gasteiger partial charge in [-0.15, -0.1) is 0 Å². The first-order valence-electron chi connectivity index (χ1n) is 6.63. The predicted octanol–water partition coefficient (Wildman–Crippen LogP) is 2.68. The van der Waals surface area contributed by atoms with Crippen LogP contribution < -0.4 is 5.32 Å². The number of hydrogen-bond acceptors (Lipinski definition) is 2. The number of nitrogens with one attached hydrogen (secondary N) is 1. The fourth-order valence-corrected chi connectivity index (χ4v) is 3.39. The molecule has 1 saturated heterocycles. The summed E-state index contributed by atoms with van der Waals surface area (Å²) in [6.45, 7) is 4.51. The molecule has 2 heterocycles. The van der Waals surface area contributed by atoms with E-state index in [0.717, 1.165) is 18.8 Å². The fourth-order valence-electron chi connectivity index (χ4n) is 2.61. The quantitative estimate of drug-likeness (QED) is 0.930. The Balaban J connectivity index is 2.09. The average Bonchev–Trinajstić information content (AvgIpc) is 2.53. The van der Waals surface area contributed by atoms with Crippen LogP contribution in [0.1, 0.15) is 37.6 Å². The number of hydrogen-bond donors (Lipinski definition) is 1. The van der Waals surface area contributed by atoms with Gasteiger partial charge in [-0.2, -0.15) is 5.10 Å².